The van der Waals surface area contributed by atoms with Crippen LogP contribution in [0.25, 0.3) is 0 Å². The molecule has 2 N–H and O–H groups in total. The smallest absolute Gasteiger partial charge is 0.322 e. The summed E-state index contributed by atoms with van der Waals surface area (Å²) in [5.74, 6) is -0.0589. The molecule has 1 aliphatic rings. The van der Waals surface area contributed by atoms with Crippen LogP contribution < -0.4 is 10.1 Å². The van der Waals surface area contributed by atoms with Crippen LogP contribution in [0.1, 0.15) is 62.5 Å². The van der Waals surface area contributed by atoms with Gasteiger partial charge in [0.15, 0.2) is 0 Å². The van der Waals surface area contributed by atoms with Crippen molar-refractivity contribution in [3.63, 3.8) is 0 Å². The van der Waals surface area contributed by atoms with E-state index in [0.29, 0.717) is 12.3 Å². The van der Waals surface area contributed by atoms with Gasteiger partial charge in [-0.25, -0.2) is 9.18 Å². The van der Waals surface area contributed by atoms with Crippen LogP contribution in [0.4, 0.5) is 14.9 Å². The molecule has 1 fully saturated rings. The Morgan fingerprint density at radius 2 is 2.11 bits per heavy atom. The van der Waals surface area contributed by atoms with E-state index in [4.69, 9.17) is 4.74 Å². The Morgan fingerprint density at radius 1 is 1.32 bits per heavy atom. The van der Waals surface area contributed by atoms with Crippen LogP contribution in [0.3, 0.4) is 0 Å². The predicted octanol–water partition coefficient (Wildman–Crippen LogP) is 5.10. The molecule has 0 unspecified atom stereocenters. The molecule has 1 aromatic heterocycles. The van der Waals surface area contributed by atoms with Gasteiger partial charge in [0.05, 0.1) is 23.5 Å². The number of rotatable bonds is 4. The normalized spacial score (nSPS) is 17.5. The number of nitrogens with one attached hydrogen (secondary N) is 2. The minimum Gasteiger partial charge on any atom is -0.491 e. The zero-order valence-electron chi connectivity index (χ0n) is 17.0. The van der Waals surface area contributed by atoms with Crippen molar-refractivity contribution >= 4 is 11.7 Å². The summed E-state index contributed by atoms with van der Waals surface area (Å²) in [5.41, 5.74) is 3.11. The molecular weight excluding hydrogens is 359 g/mol. The first-order valence-electron chi connectivity index (χ1n) is 9.92. The Bertz CT molecular complexity index is 814. The fraction of sp³-hybridized carbons (Fsp3) is 0.524. The first-order valence-corrected chi connectivity index (χ1v) is 9.92. The van der Waals surface area contributed by atoms with Gasteiger partial charge in [-0.1, -0.05) is 12.8 Å². The molecule has 152 valence electrons. The summed E-state index contributed by atoms with van der Waals surface area (Å²) in [6.07, 6.45) is 3.89. The lowest BCUT2D eigenvalue weighted by molar-refractivity contribution is 0.189. The highest BCUT2D eigenvalue weighted by Gasteiger charge is 2.30. The van der Waals surface area contributed by atoms with Gasteiger partial charge in [0.2, 0.25) is 0 Å². The number of aryl methyl sites for hydroxylation is 2. The predicted molar refractivity (Wildman–Crippen MR) is 107 cm³/mol. The molecule has 0 saturated carbocycles. The van der Waals surface area contributed by atoms with Crippen LogP contribution in [0.15, 0.2) is 18.2 Å². The highest BCUT2D eigenvalue weighted by Crippen LogP contribution is 2.34. The Balaban J connectivity index is 1.81. The molecular formula is C21H29FN4O2. The number of H-pyrrole nitrogens is 1. The molecule has 3 rings (SSSR count). The monoisotopic (exact) mass is 388 g/mol. The molecule has 0 aliphatic carbocycles. The zero-order chi connectivity index (χ0) is 20.3. The maximum Gasteiger partial charge on any atom is 0.322 e. The molecule has 2 heterocycles. The van der Waals surface area contributed by atoms with E-state index < -0.39 is 5.82 Å². The first-order chi connectivity index (χ1) is 13.4. The van der Waals surface area contributed by atoms with Gasteiger partial charge in [-0.2, -0.15) is 5.10 Å². The number of aromatic amines is 1. The van der Waals surface area contributed by atoms with Crippen LogP contribution in [0.2, 0.25) is 0 Å². The van der Waals surface area contributed by atoms with Crippen LogP contribution in [0.5, 0.6) is 5.75 Å². The molecule has 1 saturated heterocycles. The molecule has 0 radical (unpaired) electrons. The number of urea groups is 1. The average molecular weight is 388 g/mol. The second kappa shape index (κ2) is 8.63. The van der Waals surface area contributed by atoms with Gasteiger partial charge in [-0.15, -0.1) is 0 Å². The molecule has 6 nitrogen and oxygen atoms in total. The van der Waals surface area contributed by atoms with Gasteiger partial charge < -0.3 is 15.0 Å². The van der Waals surface area contributed by atoms with Crippen LogP contribution in [-0.4, -0.2) is 33.8 Å². The maximum absolute atomic E-state index is 14.5. The zero-order valence-corrected chi connectivity index (χ0v) is 17.0. The van der Waals surface area contributed by atoms with Gasteiger partial charge in [0.1, 0.15) is 11.6 Å². The van der Waals surface area contributed by atoms with Crippen molar-refractivity contribution in [2.24, 2.45) is 0 Å². The Hall–Kier alpha value is -2.57. The van der Waals surface area contributed by atoms with Gasteiger partial charge in [0, 0.05) is 23.9 Å². The summed E-state index contributed by atoms with van der Waals surface area (Å²) in [5, 5.41) is 10.0. The number of carbonyl (C=O) groups excluding carboxylic acids is 1. The SMILES string of the molecule is Cc1n[nH]c(C)c1[C@@H]1CCCCCN1C(=O)Nc1ccc(OC(C)C)cc1F. The quantitative estimate of drug-likeness (QED) is 0.765. The van der Waals surface area contributed by atoms with E-state index in [1.165, 1.54) is 6.07 Å². The Kier molecular flexibility index (Phi) is 6.21. The van der Waals surface area contributed by atoms with Crippen molar-refractivity contribution < 1.29 is 13.9 Å². The lowest BCUT2D eigenvalue weighted by Crippen LogP contribution is -2.38. The van der Waals surface area contributed by atoms with Crippen LogP contribution in [-0.2, 0) is 0 Å². The number of ether oxygens (including phenoxy) is 1. The number of halogens is 1. The minimum absolute atomic E-state index is 0.0425. The molecule has 0 bridgehead atoms. The summed E-state index contributed by atoms with van der Waals surface area (Å²) in [6.45, 7) is 8.33. The number of aromatic nitrogens is 2. The highest BCUT2D eigenvalue weighted by molar-refractivity contribution is 5.90. The number of anilines is 1. The number of likely N-dealkylation sites (tertiary alicyclic amines) is 1. The largest absolute Gasteiger partial charge is 0.491 e. The van der Waals surface area contributed by atoms with Gasteiger partial charge in [-0.3, -0.25) is 5.10 Å². The third-order valence-electron chi connectivity index (χ3n) is 5.09. The van der Waals surface area contributed by atoms with Crippen molar-refractivity contribution in [3.8, 4) is 5.75 Å². The van der Waals surface area contributed by atoms with Crippen molar-refractivity contribution in [3.05, 3.63) is 41.0 Å². The van der Waals surface area contributed by atoms with Crippen molar-refractivity contribution in [2.45, 2.75) is 65.5 Å². The second-order valence-corrected chi connectivity index (χ2v) is 7.64. The van der Waals surface area contributed by atoms with E-state index in [-0.39, 0.29) is 23.9 Å². The maximum atomic E-state index is 14.5. The number of nitrogens with zero attached hydrogens (tertiary/aromatic N) is 2. The molecule has 7 heteroatoms. The Morgan fingerprint density at radius 3 is 2.75 bits per heavy atom. The number of hydrogen-bond donors (Lipinski definition) is 2. The molecule has 1 aromatic carbocycles. The third kappa shape index (κ3) is 4.46. The van der Waals surface area contributed by atoms with E-state index in [1.54, 1.807) is 12.1 Å². The molecule has 2 amide bonds. The van der Waals surface area contributed by atoms with Gasteiger partial charge in [0.25, 0.3) is 0 Å². The fourth-order valence-electron chi connectivity index (χ4n) is 3.83. The average Bonchev–Trinajstić information content (AvgIpc) is 2.83. The molecule has 0 spiro atoms. The second-order valence-electron chi connectivity index (χ2n) is 7.64. The number of hydrogen-bond acceptors (Lipinski definition) is 3. The van der Waals surface area contributed by atoms with E-state index in [0.717, 1.165) is 42.6 Å². The fourth-order valence-corrected chi connectivity index (χ4v) is 3.83. The lowest BCUT2D eigenvalue weighted by atomic mass is 9.99. The van der Waals surface area contributed by atoms with Crippen LogP contribution in [0, 0.1) is 19.7 Å². The summed E-state index contributed by atoms with van der Waals surface area (Å²) in [6, 6.07) is 4.17. The minimum atomic E-state index is -0.506. The van der Waals surface area contributed by atoms with Crippen molar-refractivity contribution in [1.29, 1.82) is 0 Å². The summed E-state index contributed by atoms with van der Waals surface area (Å²) in [7, 11) is 0. The van der Waals surface area contributed by atoms with Crippen molar-refractivity contribution in [1.82, 2.24) is 15.1 Å². The van der Waals surface area contributed by atoms with E-state index in [1.807, 2.05) is 32.6 Å². The summed E-state index contributed by atoms with van der Waals surface area (Å²) < 4.78 is 20.0. The van der Waals surface area contributed by atoms with E-state index in [9.17, 15) is 9.18 Å². The number of amides is 2. The third-order valence-corrected chi connectivity index (χ3v) is 5.09. The molecule has 28 heavy (non-hydrogen) atoms. The molecule has 1 aliphatic heterocycles. The highest BCUT2D eigenvalue weighted by atomic mass is 19.1. The topological polar surface area (TPSA) is 70.2 Å². The van der Waals surface area contributed by atoms with Gasteiger partial charge >= 0.3 is 6.03 Å². The van der Waals surface area contributed by atoms with Gasteiger partial charge in [-0.05, 0) is 52.7 Å². The Labute approximate surface area is 165 Å². The first kappa shape index (κ1) is 20.2. The molecule has 1 atom stereocenters. The van der Waals surface area contributed by atoms with E-state index in [2.05, 4.69) is 15.5 Å². The number of carbonyl (C=O) groups is 1. The van der Waals surface area contributed by atoms with Crippen molar-refractivity contribution in [2.75, 3.05) is 11.9 Å². The van der Waals surface area contributed by atoms with E-state index >= 15 is 0 Å². The molecule has 2 aromatic rings. The summed E-state index contributed by atoms with van der Waals surface area (Å²) in [4.78, 5) is 14.9. The summed E-state index contributed by atoms with van der Waals surface area (Å²) >= 11 is 0. The lowest BCUT2D eigenvalue weighted by Gasteiger charge is -2.30. The standard InChI is InChI=1S/C21H29FN4O2/c1-13(2)28-16-9-10-18(17(22)12-16)23-21(27)26-11-7-5-6-8-19(26)20-14(3)24-25-15(20)4/h9-10,12-13,19H,5-8,11H2,1-4H3,(H,23,27)(H,24,25)/t19-/m0/s1. The number of benzene rings is 1. The van der Waals surface area contributed by atoms with Crippen LogP contribution >= 0.6 is 0 Å².